The number of nitrogens with zero attached hydrogens (tertiary/aromatic N) is 2. The van der Waals surface area contributed by atoms with Gasteiger partial charge >= 0.3 is 0 Å². The van der Waals surface area contributed by atoms with Crippen LogP contribution in [0.5, 0.6) is 5.75 Å². The molecule has 0 aliphatic rings. The third-order valence-electron chi connectivity index (χ3n) is 3.64. The predicted molar refractivity (Wildman–Crippen MR) is 94.4 cm³/mol. The first-order valence-electron chi connectivity index (χ1n) is 8.07. The number of rotatable bonds is 6. The molecule has 1 N–H and O–H groups in total. The molecule has 0 bridgehead atoms. The molecule has 6 nitrogen and oxygen atoms in total. The van der Waals surface area contributed by atoms with Crippen LogP contribution in [0.15, 0.2) is 52.9 Å². The molecule has 6 heteroatoms. The Morgan fingerprint density at radius 1 is 1.16 bits per heavy atom. The summed E-state index contributed by atoms with van der Waals surface area (Å²) in [4.78, 5) is 12.1. The van der Waals surface area contributed by atoms with E-state index >= 15 is 0 Å². The lowest BCUT2D eigenvalue weighted by molar-refractivity contribution is -0.118. The van der Waals surface area contributed by atoms with E-state index in [9.17, 15) is 4.79 Å². The van der Waals surface area contributed by atoms with Gasteiger partial charge < -0.3 is 14.5 Å². The Hall–Kier alpha value is -3.15. The molecule has 2 aromatic carbocycles. The summed E-state index contributed by atoms with van der Waals surface area (Å²) in [6.07, 6.45) is 0.683. The molecule has 3 aromatic rings. The molecule has 1 heterocycles. The van der Waals surface area contributed by atoms with Gasteiger partial charge in [-0.25, -0.2) is 0 Å². The highest BCUT2D eigenvalue weighted by Gasteiger charge is 2.10. The molecule has 0 fully saturated rings. The smallest absolute Gasteiger partial charge is 0.262 e. The van der Waals surface area contributed by atoms with E-state index in [0.717, 1.165) is 16.8 Å². The zero-order valence-corrected chi connectivity index (χ0v) is 14.2. The molecule has 0 saturated heterocycles. The molecule has 0 aliphatic carbocycles. The summed E-state index contributed by atoms with van der Waals surface area (Å²) in [5.41, 5.74) is 2.53. The monoisotopic (exact) mass is 337 g/mol. The van der Waals surface area contributed by atoms with Crippen LogP contribution >= 0.6 is 0 Å². The number of aryl methyl sites for hydroxylation is 2. The number of aromatic nitrogens is 2. The molecule has 0 spiro atoms. The molecule has 0 unspecified atom stereocenters. The fourth-order valence-electron chi connectivity index (χ4n) is 2.28. The molecule has 0 saturated carbocycles. The number of ether oxygens (including phenoxy) is 1. The van der Waals surface area contributed by atoms with Gasteiger partial charge in [0.2, 0.25) is 11.8 Å². The average Bonchev–Trinajstić information content (AvgIpc) is 3.11. The Balaban J connectivity index is 1.62. The number of benzene rings is 2. The van der Waals surface area contributed by atoms with E-state index < -0.39 is 0 Å². The number of carbonyl (C=O) groups is 1. The van der Waals surface area contributed by atoms with Gasteiger partial charge in [0.05, 0.1) is 0 Å². The van der Waals surface area contributed by atoms with Crippen molar-refractivity contribution in [1.29, 1.82) is 0 Å². The topological polar surface area (TPSA) is 77.2 Å². The highest BCUT2D eigenvalue weighted by molar-refractivity contribution is 5.92. The fourth-order valence-corrected chi connectivity index (χ4v) is 2.28. The van der Waals surface area contributed by atoms with Gasteiger partial charge in [0, 0.05) is 17.7 Å². The molecule has 3 rings (SSSR count). The van der Waals surface area contributed by atoms with Crippen LogP contribution in [0.2, 0.25) is 0 Å². The van der Waals surface area contributed by atoms with Crippen molar-refractivity contribution < 1.29 is 13.9 Å². The van der Waals surface area contributed by atoms with Crippen molar-refractivity contribution in [2.24, 2.45) is 0 Å². The van der Waals surface area contributed by atoms with Crippen molar-refractivity contribution in [1.82, 2.24) is 10.2 Å². The standard InChI is InChI=1S/C19H19N3O3/c1-3-18-21-22-19(25-18)14-8-6-9-15(11-14)24-12-17(23)20-16-10-5-4-7-13(16)2/h4-11H,3,12H2,1-2H3,(H,20,23). The van der Waals surface area contributed by atoms with Gasteiger partial charge in [0.1, 0.15) is 5.75 Å². The van der Waals surface area contributed by atoms with E-state index in [1.54, 1.807) is 12.1 Å². The number of anilines is 1. The molecule has 25 heavy (non-hydrogen) atoms. The first-order valence-corrected chi connectivity index (χ1v) is 8.07. The number of nitrogens with one attached hydrogen (secondary N) is 1. The van der Waals surface area contributed by atoms with E-state index in [1.807, 2.05) is 50.2 Å². The second kappa shape index (κ2) is 7.61. The predicted octanol–water partition coefficient (Wildman–Crippen LogP) is 3.62. The lowest BCUT2D eigenvalue weighted by Crippen LogP contribution is -2.20. The maximum atomic E-state index is 12.1. The summed E-state index contributed by atoms with van der Waals surface area (Å²) >= 11 is 0. The van der Waals surface area contributed by atoms with Crippen molar-refractivity contribution in [2.45, 2.75) is 20.3 Å². The summed E-state index contributed by atoms with van der Waals surface area (Å²) in [5.74, 6) is 1.37. The van der Waals surface area contributed by atoms with Crippen LogP contribution in [-0.4, -0.2) is 22.7 Å². The summed E-state index contributed by atoms with van der Waals surface area (Å²) in [5, 5.41) is 10.8. The van der Waals surface area contributed by atoms with Crippen molar-refractivity contribution in [2.75, 3.05) is 11.9 Å². The summed E-state index contributed by atoms with van der Waals surface area (Å²) in [6.45, 7) is 3.81. The SMILES string of the molecule is CCc1nnc(-c2cccc(OCC(=O)Nc3ccccc3C)c2)o1. The molecule has 1 aromatic heterocycles. The minimum Gasteiger partial charge on any atom is -0.484 e. The second-order valence-corrected chi connectivity index (χ2v) is 5.53. The number of para-hydroxylation sites is 1. The van der Waals surface area contributed by atoms with Gasteiger partial charge in [-0.2, -0.15) is 0 Å². The van der Waals surface area contributed by atoms with Gasteiger partial charge in [-0.1, -0.05) is 31.2 Å². The van der Waals surface area contributed by atoms with Gasteiger partial charge in [-0.15, -0.1) is 10.2 Å². The normalized spacial score (nSPS) is 10.5. The molecule has 0 atom stereocenters. The third kappa shape index (κ3) is 4.23. The van der Waals surface area contributed by atoms with Crippen molar-refractivity contribution in [3.8, 4) is 17.2 Å². The van der Waals surface area contributed by atoms with E-state index in [2.05, 4.69) is 15.5 Å². The van der Waals surface area contributed by atoms with Crippen LogP contribution in [0.4, 0.5) is 5.69 Å². The quantitative estimate of drug-likeness (QED) is 0.743. The van der Waals surface area contributed by atoms with Crippen LogP contribution in [0, 0.1) is 6.92 Å². The zero-order chi connectivity index (χ0) is 17.6. The van der Waals surface area contributed by atoms with Crippen molar-refractivity contribution >= 4 is 11.6 Å². The highest BCUT2D eigenvalue weighted by Crippen LogP contribution is 2.23. The summed E-state index contributed by atoms with van der Waals surface area (Å²) in [6, 6.07) is 14.8. The summed E-state index contributed by atoms with van der Waals surface area (Å²) in [7, 11) is 0. The largest absolute Gasteiger partial charge is 0.484 e. The van der Waals surface area contributed by atoms with E-state index in [4.69, 9.17) is 9.15 Å². The maximum absolute atomic E-state index is 12.1. The third-order valence-corrected chi connectivity index (χ3v) is 3.64. The van der Waals surface area contributed by atoms with Gasteiger partial charge in [-0.05, 0) is 36.8 Å². The molecule has 0 aliphatic heterocycles. The Morgan fingerprint density at radius 3 is 2.76 bits per heavy atom. The van der Waals surface area contributed by atoms with Crippen LogP contribution < -0.4 is 10.1 Å². The van der Waals surface area contributed by atoms with Gasteiger partial charge in [0.15, 0.2) is 6.61 Å². The van der Waals surface area contributed by atoms with E-state index in [0.29, 0.717) is 24.0 Å². The average molecular weight is 337 g/mol. The lowest BCUT2D eigenvalue weighted by Gasteiger charge is -2.09. The zero-order valence-electron chi connectivity index (χ0n) is 14.2. The first-order chi connectivity index (χ1) is 12.2. The second-order valence-electron chi connectivity index (χ2n) is 5.53. The lowest BCUT2D eigenvalue weighted by atomic mass is 10.2. The molecular weight excluding hydrogens is 318 g/mol. The number of amides is 1. The minimum atomic E-state index is -0.217. The Labute approximate surface area is 145 Å². The van der Waals surface area contributed by atoms with Crippen molar-refractivity contribution in [3.63, 3.8) is 0 Å². The molecular formula is C19H19N3O3. The van der Waals surface area contributed by atoms with Crippen LogP contribution in [0.3, 0.4) is 0 Å². The van der Waals surface area contributed by atoms with Gasteiger partial charge in [-0.3, -0.25) is 4.79 Å². The fraction of sp³-hybridized carbons (Fsp3) is 0.211. The minimum absolute atomic E-state index is 0.0815. The highest BCUT2D eigenvalue weighted by atomic mass is 16.5. The maximum Gasteiger partial charge on any atom is 0.262 e. The Kier molecular flexibility index (Phi) is 5.09. The van der Waals surface area contributed by atoms with E-state index in [-0.39, 0.29) is 12.5 Å². The molecule has 1 amide bonds. The number of carbonyl (C=O) groups excluding carboxylic acids is 1. The molecule has 128 valence electrons. The van der Waals surface area contributed by atoms with E-state index in [1.165, 1.54) is 0 Å². The summed E-state index contributed by atoms with van der Waals surface area (Å²) < 4.78 is 11.1. The Morgan fingerprint density at radius 2 is 2.00 bits per heavy atom. The van der Waals surface area contributed by atoms with Crippen LogP contribution in [0.25, 0.3) is 11.5 Å². The number of hydrogen-bond acceptors (Lipinski definition) is 5. The number of hydrogen-bond donors (Lipinski definition) is 1. The van der Waals surface area contributed by atoms with Gasteiger partial charge in [0.25, 0.3) is 5.91 Å². The first kappa shape index (κ1) is 16.7. The van der Waals surface area contributed by atoms with Crippen molar-refractivity contribution in [3.05, 3.63) is 60.0 Å². The Bertz CT molecular complexity index is 874. The molecule has 0 radical (unpaired) electrons. The van der Waals surface area contributed by atoms with Crippen LogP contribution in [-0.2, 0) is 11.2 Å². The van der Waals surface area contributed by atoms with Crippen LogP contribution in [0.1, 0.15) is 18.4 Å².